The summed E-state index contributed by atoms with van der Waals surface area (Å²) in [6.45, 7) is 15.0. The molecule has 2 heteroatoms. The van der Waals surface area contributed by atoms with E-state index in [2.05, 4.69) is 31.6 Å². The van der Waals surface area contributed by atoms with E-state index in [1.54, 1.807) is 6.20 Å². The van der Waals surface area contributed by atoms with Gasteiger partial charge in [0.1, 0.15) is 5.82 Å². The maximum Gasteiger partial charge on any atom is 0.102 e. The van der Waals surface area contributed by atoms with Crippen molar-refractivity contribution in [1.29, 1.82) is 0 Å². The zero-order valence-electron chi connectivity index (χ0n) is 8.34. The molecule has 2 nitrogen and oxygen atoms in total. The van der Waals surface area contributed by atoms with Crippen LogP contribution in [0.1, 0.15) is 12.8 Å². The second-order valence-electron chi connectivity index (χ2n) is 2.75. The lowest BCUT2D eigenvalue weighted by Crippen LogP contribution is -2.23. The van der Waals surface area contributed by atoms with Crippen molar-refractivity contribution in [2.24, 2.45) is 0 Å². The molecule has 0 aromatic heterocycles. The third-order valence-corrected chi connectivity index (χ3v) is 1.78. The van der Waals surface area contributed by atoms with E-state index in [1.807, 2.05) is 18.0 Å². The average molecular weight is 178 g/mol. The lowest BCUT2D eigenvalue weighted by Gasteiger charge is -2.23. The lowest BCUT2D eigenvalue weighted by molar-refractivity contribution is 0.474. The maximum absolute atomic E-state index is 3.94. The predicted octanol–water partition coefficient (Wildman–Crippen LogP) is 2.60. The van der Waals surface area contributed by atoms with Crippen LogP contribution >= 0.6 is 0 Å². The third kappa shape index (κ3) is 4.21. The van der Waals surface area contributed by atoms with Crippen molar-refractivity contribution in [2.45, 2.75) is 12.8 Å². The third-order valence-electron chi connectivity index (χ3n) is 1.78. The molecule has 0 saturated heterocycles. The molecule has 0 aromatic carbocycles. The molecule has 0 aromatic rings. The molecule has 0 amide bonds. The first-order chi connectivity index (χ1) is 6.13. The number of hydrogen-bond acceptors (Lipinski definition) is 2. The van der Waals surface area contributed by atoms with Crippen molar-refractivity contribution in [3.8, 4) is 0 Å². The number of rotatable bonds is 7. The minimum absolute atomic E-state index is 0.782. The maximum atomic E-state index is 3.94. The molecule has 72 valence electrons. The summed E-state index contributed by atoms with van der Waals surface area (Å²) >= 11 is 0. The Labute approximate surface area is 80.9 Å². The zero-order chi connectivity index (χ0) is 10.3. The predicted molar refractivity (Wildman–Crippen MR) is 58.8 cm³/mol. The quantitative estimate of drug-likeness (QED) is 0.603. The van der Waals surface area contributed by atoms with E-state index in [-0.39, 0.29) is 0 Å². The van der Waals surface area contributed by atoms with Gasteiger partial charge in [-0.15, -0.1) is 6.58 Å². The van der Waals surface area contributed by atoms with Gasteiger partial charge in [0, 0.05) is 12.7 Å². The van der Waals surface area contributed by atoms with E-state index in [1.165, 1.54) is 0 Å². The van der Waals surface area contributed by atoms with E-state index in [9.17, 15) is 0 Å². The van der Waals surface area contributed by atoms with Crippen molar-refractivity contribution < 1.29 is 0 Å². The molecule has 0 radical (unpaired) electrons. The Kier molecular flexibility index (Phi) is 5.44. The number of allylic oxidation sites excluding steroid dienone is 2. The fourth-order valence-electron chi connectivity index (χ4n) is 0.842. The largest absolute Gasteiger partial charge is 0.349 e. The van der Waals surface area contributed by atoms with E-state index in [0.717, 1.165) is 24.4 Å². The van der Waals surface area contributed by atoms with Crippen LogP contribution in [-0.4, -0.2) is 11.9 Å². The first-order valence-electron chi connectivity index (χ1n) is 4.22. The summed E-state index contributed by atoms with van der Waals surface area (Å²) in [5.41, 5.74) is 1.01. The van der Waals surface area contributed by atoms with Crippen LogP contribution in [0, 0.1) is 0 Å². The molecule has 1 N–H and O–H groups in total. The van der Waals surface area contributed by atoms with E-state index >= 15 is 0 Å². The van der Waals surface area contributed by atoms with Crippen LogP contribution in [0.4, 0.5) is 0 Å². The summed E-state index contributed by atoms with van der Waals surface area (Å²) in [5, 5.41) is 2.91. The molecular weight excluding hydrogens is 160 g/mol. The number of nitrogens with zero attached hydrogens (tertiary/aromatic N) is 1. The lowest BCUT2D eigenvalue weighted by atomic mass is 10.2. The second-order valence-corrected chi connectivity index (χ2v) is 2.75. The SMILES string of the molecule is C=CCCC(=C)N(C)C(=C)NC=C. The Balaban J connectivity index is 4.00. The second kappa shape index (κ2) is 6.12. The topological polar surface area (TPSA) is 15.3 Å². The van der Waals surface area contributed by atoms with Crippen LogP contribution in [0.3, 0.4) is 0 Å². The van der Waals surface area contributed by atoms with Gasteiger partial charge < -0.3 is 10.2 Å². The molecule has 0 bridgehead atoms. The molecule has 0 heterocycles. The minimum Gasteiger partial charge on any atom is -0.349 e. The highest BCUT2D eigenvalue weighted by Crippen LogP contribution is 2.10. The molecule has 0 aliphatic rings. The Hall–Kier alpha value is -1.44. The smallest absolute Gasteiger partial charge is 0.102 e. The Morgan fingerprint density at radius 2 is 2.00 bits per heavy atom. The standard InChI is InChI=1S/C11H18N2/c1-6-8-9-10(3)13(5)11(4)12-7-2/h6-7,12H,1-4,8-9H2,5H3. The van der Waals surface area contributed by atoms with Crippen LogP contribution in [0.25, 0.3) is 0 Å². The molecule has 0 rings (SSSR count). The minimum atomic E-state index is 0.782. The first-order valence-corrected chi connectivity index (χ1v) is 4.22. The van der Waals surface area contributed by atoms with E-state index < -0.39 is 0 Å². The van der Waals surface area contributed by atoms with Crippen molar-refractivity contribution in [3.63, 3.8) is 0 Å². The Bertz CT molecular complexity index is 216. The summed E-state index contributed by atoms with van der Waals surface area (Å²) < 4.78 is 0. The van der Waals surface area contributed by atoms with Crippen LogP contribution in [0.5, 0.6) is 0 Å². The van der Waals surface area contributed by atoms with Crippen LogP contribution in [-0.2, 0) is 0 Å². The van der Waals surface area contributed by atoms with Gasteiger partial charge in [-0.25, -0.2) is 0 Å². The summed E-state index contributed by atoms with van der Waals surface area (Å²) in [6, 6.07) is 0. The number of nitrogens with one attached hydrogen (secondary N) is 1. The molecule has 0 aliphatic carbocycles. The van der Waals surface area contributed by atoms with Crippen LogP contribution in [0.15, 0.2) is 50.1 Å². The Morgan fingerprint density at radius 1 is 1.38 bits per heavy atom. The summed E-state index contributed by atoms with van der Waals surface area (Å²) in [6.07, 6.45) is 5.31. The number of hydrogen-bond donors (Lipinski definition) is 1. The highest BCUT2D eigenvalue weighted by atomic mass is 15.2. The van der Waals surface area contributed by atoms with E-state index in [4.69, 9.17) is 0 Å². The van der Waals surface area contributed by atoms with Crippen molar-refractivity contribution in [3.05, 3.63) is 50.1 Å². The van der Waals surface area contributed by atoms with Crippen LogP contribution in [0.2, 0.25) is 0 Å². The first kappa shape index (κ1) is 11.6. The fourth-order valence-corrected chi connectivity index (χ4v) is 0.842. The molecular formula is C11H18N2. The van der Waals surface area contributed by atoms with E-state index in [0.29, 0.717) is 0 Å². The highest BCUT2D eigenvalue weighted by Gasteiger charge is 2.02. The van der Waals surface area contributed by atoms with Gasteiger partial charge in [-0.05, 0) is 19.0 Å². The van der Waals surface area contributed by atoms with Gasteiger partial charge in [-0.2, -0.15) is 0 Å². The van der Waals surface area contributed by atoms with Gasteiger partial charge in [0.15, 0.2) is 0 Å². The molecule has 0 aliphatic heterocycles. The van der Waals surface area contributed by atoms with Crippen molar-refractivity contribution in [2.75, 3.05) is 7.05 Å². The zero-order valence-corrected chi connectivity index (χ0v) is 8.34. The fraction of sp³-hybridized carbons (Fsp3) is 0.273. The normalized spacial score (nSPS) is 8.69. The average Bonchev–Trinajstić information content (AvgIpc) is 2.13. The molecule has 0 fully saturated rings. The summed E-state index contributed by atoms with van der Waals surface area (Å²) in [5.74, 6) is 0.782. The van der Waals surface area contributed by atoms with Gasteiger partial charge in [0.05, 0.1) is 0 Å². The molecule has 0 unspecified atom stereocenters. The molecule has 13 heavy (non-hydrogen) atoms. The van der Waals surface area contributed by atoms with Gasteiger partial charge in [-0.1, -0.05) is 25.8 Å². The van der Waals surface area contributed by atoms with Gasteiger partial charge in [0.25, 0.3) is 0 Å². The van der Waals surface area contributed by atoms with Gasteiger partial charge in [-0.3, -0.25) is 0 Å². The van der Waals surface area contributed by atoms with Gasteiger partial charge >= 0.3 is 0 Å². The highest BCUT2D eigenvalue weighted by molar-refractivity contribution is 5.06. The monoisotopic (exact) mass is 178 g/mol. The molecule has 0 atom stereocenters. The molecule has 0 spiro atoms. The summed E-state index contributed by atoms with van der Waals surface area (Å²) in [7, 11) is 1.92. The van der Waals surface area contributed by atoms with Crippen molar-refractivity contribution in [1.82, 2.24) is 10.2 Å². The van der Waals surface area contributed by atoms with Crippen molar-refractivity contribution >= 4 is 0 Å². The molecule has 0 saturated carbocycles. The van der Waals surface area contributed by atoms with Gasteiger partial charge in [0.2, 0.25) is 0 Å². The van der Waals surface area contributed by atoms with Crippen LogP contribution < -0.4 is 5.32 Å². The summed E-state index contributed by atoms with van der Waals surface area (Å²) in [4.78, 5) is 1.91. The Morgan fingerprint density at radius 3 is 2.46 bits per heavy atom.